The van der Waals surface area contributed by atoms with Crippen LogP contribution in [-0.4, -0.2) is 15.8 Å². The van der Waals surface area contributed by atoms with Crippen LogP contribution in [0, 0.1) is 24.7 Å². The molecule has 106 valence electrons. The van der Waals surface area contributed by atoms with E-state index < -0.39 is 0 Å². The van der Waals surface area contributed by atoms with E-state index in [1.807, 2.05) is 18.7 Å². The fourth-order valence-corrected chi connectivity index (χ4v) is 4.66. The zero-order valence-electron chi connectivity index (χ0n) is 12.1. The van der Waals surface area contributed by atoms with Crippen LogP contribution in [0.3, 0.4) is 0 Å². The van der Waals surface area contributed by atoms with Gasteiger partial charge in [0.2, 0.25) is 0 Å². The number of nitrogens with one attached hydrogen (secondary N) is 1. The summed E-state index contributed by atoms with van der Waals surface area (Å²) >= 11 is 3.64. The zero-order chi connectivity index (χ0) is 13.6. The average Bonchev–Trinajstić information content (AvgIpc) is 3.05. The van der Waals surface area contributed by atoms with E-state index in [4.69, 9.17) is 0 Å². The Morgan fingerprint density at radius 3 is 2.74 bits per heavy atom. The highest BCUT2D eigenvalue weighted by atomic mass is 79.9. The van der Waals surface area contributed by atoms with Crippen LogP contribution in [0.25, 0.3) is 0 Å². The minimum Gasteiger partial charge on any atom is -0.308 e. The first-order valence-electron chi connectivity index (χ1n) is 7.47. The van der Waals surface area contributed by atoms with Crippen LogP contribution in [0.5, 0.6) is 0 Å². The van der Waals surface area contributed by atoms with Crippen molar-refractivity contribution >= 4 is 15.9 Å². The summed E-state index contributed by atoms with van der Waals surface area (Å²) in [6.07, 6.45) is 5.89. The summed E-state index contributed by atoms with van der Waals surface area (Å²) < 4.78 is 3.14. The molecule has 4 atom stereocenters. The summed E-state index contributed by atoms with van der Waals surface area (Å²) in [5, 5.41) is 8.18. The van der Waals surface area contributed by atoms with Crippen molar-refractivity contribution in [2.45, 2.75) is 52.1 Å². The Balaban J connectivity index is 1.60. The number of halogens is 1. The highest BCUT2D eigenvalue weighted by Gasteiger charge is 2.41. The Kier molecular flexibility index (Phi) is 3.73. The number of fused-ring (bicyclic) bond motifs is 2. The minimum atomic E-state index is 0.623. The fraction of sp³-hybridized carbons (Fsp3) is 0.800. The lowest BCUT2D eigenvalue weighted by Gasteiger charge is -2.28. The SMILES string of the molecule is Cc1nn(C)c(CNC(C)C2CC3CCC2C3)c1Br. The van der Waals surface area contributed by atoms with Crippen molar-refractivity contribution in [2.24, 2.45) is 24.8 Å². The van der Waals surface area contributed by atoms with Crippen LogP contribution in [-0.2, 0) is 13.6 Å². The molecule has 0 aromatic carbocycles. The van der Waals surface area contributed by atoms with E-state index in [1.165, 1.54) is 31.4 Å². The van der Waals surface area contributed by atoms with E-state index in [0.717, 1.165) is 34.5 Å². The first-order chi connectivity index (χ1) is 9.06. The summed E-state index contributed by atoms with van der Waals surface area (Å²) in [5.74, 6) is 2.92. The first kappa shape index (κ1) is 13.6. The Morgan fingerprint density at radius 1 is 1.42 bits per heavy atom. The molecule has 4 heteroatoms. The van der Waals surface area contributed by atoms with Gasteiger partial charge in [-0.05, 0) is 66.8 Å². The molecule has 1 aromatic rings. The van der Waals surface area contributed by atoms with E-state index >= 15 is 0 Å². The molecule has 3 rings (SSSR count). The highest BCUT2D eigenvalue weighted by Crippen LogP contribution is 2.49. The van der Waals surface area contributed by atoms with Crippen molar-refractivity contribution in [1.82, 2.24) is 15.1 Å². The van der Waals surface area contributed by atoms with Crippen molar-refractivity contribution < 1.29 is 0 Å². The van der Waals surface area contributed by atoms with Crippen molar-refractivity contribution in [3.63, 3.8) is 0 Å². The lowest BCUT2D eigenvalue weighted by atomic mass is 9.84. The zero-order valence-corrected chi connectivity index (χ0v) is 13.7. The van der Waals surface area contributed by atoms with E-state index in [9.17, 15) is 0 Å². The van der Waals surface area contributed by atoms with E-state index in [0.29, 0.717) is 6.04 Å². The molecule has 19 heavy (non-hydrogen) atoms. The largest absolute Gasteiger partial charge is 0.308 e. The summed E-state index contributed by atoms with van der Waals surface area (Å²) in [6.45, 7) is 5.32. The number of hydrogen-bond acceptors (Lipinski definition) is 2. The number of hydrogen-bond donors (Lipinski definition) is 1. The molecule has 2 bridgehead atoms. The van der Waals surface area contributed by atoms with Crippen molar-refractivity contribution in [1.29, 1.82) is 0 Å². The van der Waals surface area contributed by atoms with Crippen LogP contribution in [0.4, 0.5) is 0 Å². The molecule has 1 aromatic heterocycles. The summed E-state index contributed by atoms with van der Waals surface area (Å²) in [6, 6.07) is 0.623. The van der Waals surface area contributed by atoms with Gasteiger partial charge in [-0.3, -0.25) is 4.68 Å². The monoisotopic (exact) mass is 325 g/mol. The minimum absolute atomic E-state index is 0.623. The van der Waals surface area contributed by atoms with E-state index in [1.54, 1.807) is 0 Å². The maximum absolute atomic E-state index is 4.45. The molecule has 0 spiro atoms. The third-order valence-corrected chi connectivity index (χ3v) is 6.32. The van der Waals surface area contributed by atoms with E-state index in [-0.39, 0.29) is 0 Å². The molecular weight excluding hydrogens is 302 g/mol. The molecule has 2 aliphatic rings. The van der Waals surface area contributed by atoms with Gasteiger partial charge in [0.15, 0.2) is 0 Å². The molecule has 2 aliphatic carbocycles. The van der Waals surface area contributed by atoms with Crippen LogP contribution in [0.1, 0.15) is 44.0 Å². The standard InChI is InChI=1S/C15H24BrN3/c1-9(13-7-11-4-5-12(13)6-11)17-8-14-15(16)10(2)18-19(14)3/h9,11-13,17H,4-8H2,1-3H3. The van der Waals surface area contributed by atoms with Gasteiger partial charge in [-0.2, -0.15) is 5.10 Å². The Morgan fingerprint density at radius 2 is 2.21 bits per heavy atom. The van der Waals surface area contributed by atoms with Crippen molar-refractivity contribution in [3.05, 3.63) is 15.9 Å². The molecule has 1 heterocycles. The maximum Gasteiger partial charge on any atom is 0.0739 e. The van der Waals surface area contributed by atoms with Gasteiger partial charge in [0.25, 0.3) is 0 Å². The molecule has 0 radical (unpaired) electrons. The van der Waals surface area contributed by atoms with Gasteiger partial charge >= 0.3 is 0 Å². The van der Waals surface area contributed by atoms with Gasteiger partial charge in [0, 0.05) is 19.6 Å². The molecule has 0 amide bonds. The van der Waals surface area contributed by atoms with Gasteiger partial charge in [-0.1, -0.05) is 6.42 Å². The van der Waals surface area contributed by atoms with Gasteiger partial charge in [0.1, 0.15) is 0 Å². The third-order valence-electron chi connectivity index (χ3n) is 5.29. The smallest absolute Gasteiger partial charge is 0.0739 e. The first-order valence-corrected chi connectivity index (χ1v) is 8.27. The van der Waals surface area contributed by atoms with E-state index in [2.05, 4.69) is 33.3 Å². The molecule has 3 nitrogen and oxygen atoms in total. The second-order valence-corrected chi connectivity index (χ2v) is 7.27. The Hall–Kier alpha value is -0.350. The van der Waals surface area contributed by atoms with Crippen LogP contribution >= 0.6 is 15.9 Å². The lowest BCUT2D eigenvalue weighted by Crippen LogP contribution is -2.36. The summed E-state index contributed by atoms with van der Waals surface area (Å²) in [4.78, 5) is 0. The number of aryl methyl sites for hydroxylation is 2. The molecule has 0 aliphatic heterocycles. The van der Waals surface area contributed by atoms with Crippen molar-refractivity contribution in [3.8, 4) is 0 Å². The normalized spacial score (nSPS) is 31.1. The van der Waals surface area contributed by atoms with Gasteiger partial charge in [0.05, 0.1) is 15.9 Å². The predicted octanol–water partition coefficient (Wildman–Crippen LogP) is 3.41. The quantitative estimate of drug-likeness (QED) is 0.919. The molecule has 1 N–H and O–H groups in total. The van der Waals surface area contributed by atoms with Crippen molar-refractivity contribution in [2.75, 3.05) is 0 Å². The van der Waals surface area contributed by atoms with Gasteiger partial charge < -0.3 is 5.32 Å². The second-order valence-electron chi connectivity index (χ2n) is 6.48. The molecule has 2 saturated carbocycles. The fourth-order valence-electron chi connectivity index (χ4n) is 4.19. The topological polar surface area (TPSA) is 29.9 Å². The number of rotatable bonds is 4. The van der Waals surface area contributed by atoms with Gasteiger partial charge in [-0.25, -0.2) is 0 Å². The Labute approximate surface area is 124 Å². The molecule has 2 fully saturated rings. The van der Waals surface area contributed by atoms with Crippen LogP contribution < -0.4 is 5.32 Å². The number of nitrogens with zero attached hydrogens (tertiary/aromatic N) is 2. The molecule has 0 saturated heterocycles. The van der Waals surface area contributed by atoms with Gasteiger partial charge in [-0.15, -0.1) is 0 Å². The lowest BCUT2D eigenvalue weighted by molar-refractivity contribution is 0.258. The molecular formula is C15H24BrN3. The predicted molar refractivity (Wildman–Crippen MR) is 80.9 cm³/mol. The second kappa shape index (κ2) is 5.21. The highest BCUT2D eigenvalue weighted by molar-refractivity contribution is 9.10. The third kappa shape index (κ3) is 2.49. The average molecular weight is 326 g/mol. The Bertz CT molecular complexity index is 468. The summed E-state index contributed by atoms with van der Waals surface area (Å²) in [7, 11) is 2.02. The molecule has 4 unspecified atom stereocenters. The van der Waals surface area contributed by atoms with Crippen LogP contribution in [0.2, 0.25) is 0 Å². The van der Waals surface area contributed by atoms with Crippen LogP contribution in [0.15, 0.2) is 4.47 Å². The number of aromatic nitrogens is 2. The summed E-state index contributed by atoms with van der Waals surface area (Å²) in [5.41, 5.74) is 2.33. The maximum atomic E-state index is 4.45.